The van der Waals surface area contributed by atoms with Crippen molar-refractivity contribution in [3.8, 4) is 55.9 Å². The van der Waals surface area contributed by atoms with Crippen LogP contribution in [0.4, 0.5) is 0 Å². The SMILES string of the molecule is c1ccc(-c2ccccc2-c2ccccc2-c2ccc(-n3c4ccccc4c4ccccc43)cc2)c(-c2ccc(-n3c4ccccc4c4ccccc43)cc2)c1. The number of aromatic nitrogens is 2. The molecule has 0 N–H and O–H groups in total. The van der Waals surface area contributed by atoms with E-state index in [0.717, 1.165) is 11.4 Å². The lowest BCUT2D eigenvalue weighted by Gasteiger charge is -2.18. The van der Waals surface area contributed by atoms with E-state index < -0.39 is 0 Å². The van der Waals surface area contributed by atoms with Crippen molar-refractivity contribution in [1.29, 1.82) is 0 Å². The fourth-order valence-corrected chi connectivity index (χ4v) is 8.87. The monoisotopic (exact) mass is 712 g/mol. The molecule has 0 aliphatic carbocycles. The molecular formula is C54H36N2. The highest BCUT2D eigenvalue weighted by Gasteiger charge is 2.17. The summed E-state index contributed by atoms with van der Waals surface area (Å²) in [6.07, 6.45) is 0. The molecule has 0 aliphatic heterocycles. The normalized spacial score (nSPS) is 11.6. The lowest BCUT2D eigenvalue weighted by molar-refractivity contribution is 1.18. The van der Waals surface area contributed by atoms with Gasteiger partial charge in [0.15, 0.2) is 0 Å². The fraction of sp³-hybridized carbons (Fsp3) is 0. The molecule has 0 bridgehead atoms. The summed E-state index contributed by atoms with van der Waals surface area (Å²) >= 11 is 0. The van der Waals surface area contributed by atoms with Crippen LogP contribution in [0.5, 0.6) is 0 Å². The number of nitrogens with zero attached hydrogens (tertiary/aromatic N) is 2. The van der Waals surface area contributed by atoms with Gasteiger partial charge in [-0.15, -0.1) is 0 Å². The maximum absolute atomic E-state index is 2.38. The van der Waals surface area contributed by atoms with E-state index in [2.05, 4.69) is 228 Å². The van der Waals surface area contributed by atoms with E-state index in [1.54, 1.807) is 0 Å². The molecule has 11 aromatic rings. The van der Waals surface area contributed by atoms with Gasteiger partial charge in [0.2, 0.25) is 0 Å². The zero-order valence-corrected chi connectivity index (χ0v) is 30.7. The number of rotatable bonds is 6. The van der Waals surface area contributed by atoms with E-state index in [1.165, 1.54) is 88.1 Å². The fourth-order valence-electron chi connectivity index (χ4n) is 8.87. The third kappa shape index (κ3) is 5.11. The Bertz CT molecular complexity index is 2910. The number of fused-ring (bicyclic) bond motifs is 6. The zero-order valence-electron chi connectivity index (χ0n) is 30.7. The average Bonchev–Trinajstić information content (AvgIpc) is 3.80. The number of hydrogen-bond acceptors (Lipinski definition) is 0. The van der Waals surface area contributed by atoms with Gasteiger partial charge in [-0.1, -0.05) is 170 Å². The molecule has 0 radical (unpaired) electrons. The highest BCUT2D eigenvalue weighted by molar-refractivity contribution is 6.10. The average molecular weight is 713 g/mol. The predicted octanol–water partition coefficient (Wildman–Crippen LogP) is 14.5. The zero-order chi connectivity index (χ0) is 37.0. The molecule has 9 aromatic carbocycles. The quantitative estimate of drug-likeness (QED) is 0.162. The van der Waals surface area contributed by atoms with E-state index in [-0.39, 0.29) is 0 Å². The molecule has 0 spiro atoms. The van der Waals surface area contributed by atoms with Crippen LogP contribution < -0.4 is 0 Å². The molecule has 56 heavy (non-hydrogen) atoms. The summed E-state index contributed by atoms with van der Waals surface area (Å²) in [5.74, 6) is 0. The molecule has 2 heteroatoms. The van der Waals surface area contributed by atoms with Gasteiger partial charge < -0.3 is 9.13 Å². The molecule has 0 atom stereocenters. The second kappa shape index (κ2) is 13.2. The number of benzene rings is 9. The summed E-state index contributed by atoms with van der Waals surface area (Å²) in [5.41, 5.74) is 16.8. The van der Waals surface area contributed by atoms with Gasteiger partial charge in [0, 0.05) is 32.9 Å². The minimum atomic E-state index is 1.15. The van der Waals surface area contributed by atoms with Crippen molar-refractivity contribution in [1.82, 2.24) is 9.13 Å². The van der Waals surface area contributed by atoms with E-state index in [9.17, 15) is 0 Å². The van der Waals surface area contributed by atoms with Crippen molar-refractivity contribution in [2.75, 3.05) is 0 Å². The maximum atomic E-state index is 2.38. The summed E-state index contributed by atoms with van der Waals surface area (Å²) in [6.45, 7) is 0. The maximum Gasteiger partial charge on any atom is 0.0541 e. The van der Waals surface area contributed by atoms with Crippen LogP contribution in [0, 0.1) is 0 Å². The Morgan fingerprint density at radius 3 is 0.732 bits per heavy atom. The third-order valence-electron chi connectivity index (χ3n) is 11.4. The van der Waals surface area contributed by atoms with Crippen LogP contribution in [-0.2, 0) is 0 Å². The van der Waals surface area contributed by atoms with Gasteiger partial charge in [0.05, 0.1) is 22.1 Å². The Balaban J connectivity index is 0.983. The smallest absolute Gasteiger partial charge is 0.0541 e. The first kappa shape index (κ1) is 32.0. The van der Waals surface area contributed by atoms with Crippen LogP contribution in [0.2, 0.25) is 0 Å². The highest BCUT2D eigenvalue weighted by atomic mass is 15.0. The largest absolute Gasteiger partial charge is 0.309 e. The van der Waals surface area contributed by atoms with Gasteiger partial charge in [-0.25, -0.2) is 0 Å². The van der Waals surface area contributed by atoms with Crippen molar-refractivity contribution in [3.63, 3.8) is 0 Å². The lowest BCUT2D eigenvalue weighted by atomic mass is 9.86. The van der Waals surface area contributed by atoms with Crippen molar-refractivity contribution in [3.05, 3.63) is 218 Å². The van der Waals surface area contributed by atoms with Gasteiger partial charge in [-0.2, -0.15) is 0 Å². The number of hydrogen-bond donors (Lipinski definition) is 0. The summed E-state index contributed by atoms with van der Waals surface area (Å²) < 4.78 is 4.75. The Morgan fingerprint density at radius 2 is 0.429 bits per heavy atom. The van der Waals surface area contributed by atoms with Crippen LogP contribution in [0.3, 0.4) is 0 Å². The molecular weight excluding hydrogens is 677 g/mol. The summed E-state index contributed by atoms with van der Waals surface area (Å²) in [6, 6.07) is 79.3. The van der Waals surface area contributed by atoms with Crippen LogP contribution in [0.1, 0.15) is 0 Å². The van der Waals surface area contributed by atoms with Crippen molar-refractivity contribution in [2.24, 2.45) is 0 Å². The molecule has 2 aromatic heterocycles. The predicted molar refractivity (Wildman–Crippen MR) is 237 cm³/mol. The van der Waals surface area contributed by atoms with Gasteiger partial charge in [0.1, 0.15) is 0 Å². The van der Waals surface area contributed by atoms with Crippen LogP contribution in [0.25, 0.3) is 99.5 Å². The first-order chi connectivity index (χ1) is 27.8. The molecule has 0 amide bonds. The van der Waals surface area contributed by atoms with Gasteiger partial charge in [-0.3, -0.25) is 0 Å². The third-order valence-corrected chi connectivity index (χ3v) is 11.4. The van der Waals surface area contributed by atoms with Crippen LogP contribution >= 0.6 is 0 Å². The highest BCUT2D eigenvalue weighted by Crippen LogP contribution is 2.42. The number of para-hydroxylation sites is 4. The minimum absolute atomic E-state index is 1.15. The van der Waals surface area contributed by atoms with Crippen LogP contribution in [-0.4, -0.2) is 9.13 Å². The molecule has 2 nitrogen and oxygen atoms in total. The molecule has 11 rings (SSSR count). The van der Waals surface area contributed by atoms with Crippen molar-refractivity contribution < 1.29 is 0 Å². The van der Waals surface area contributed by atoms with Gasteiger partial charge in [-0.05, 0) is 93.0 Å². The lowest BCUT2D eigenvalue weighted by Crippen LogP contribution is -1.95. The van der Waals surface area contributed by atoms with E-state index in [4.69, 9.17) is 0 Å². The molecule has 0 fully saturated rings. The Labute approximate surface area is 325 Å². The van der Waals surface area contributed by atoms with E-state index >= 15 is 0 Å². The second-order valence-corrected chi connectivity index (χ2v) is 14.5. The van der Waals surface area contributed by atoms with E-state index in [1.807, 2.05) is 0 Å². The Kier molecular flexibility index (Phi) is 7.53. The standard InChI is InChI=1S/C54H36N2/c1-3-17-43(41(15-1)37-29-33-39(34-30-37)55-51-25-11-7-21-47(51)48-22-8-12-26-52(48)55)45-19-5-6-20-46(45)44-18-4-2-16-42(44)38-31-35-40(36-32-38)56-53-27-13-9-23-49(53)50-24-10-14-28-54(50)56/h1-36H. The van der Waals surface area contributed by atoms with Crippen molar-refractivity contribution in [2.45, 2.75) is 0 Å². The Morgan fingerprint density at radius 1 is 0.196 bits per heavy atom. The molecule has 0 saturated heterocycles. The minimum Gasteiger partial charge on any atom is -0.309 e. The molecule has 0 aliphatic rings. The summed E-state index contributed by atoms with van der Waals surface area (Å²) in [5, 5.41) is 5.09. The summed E-state index contributed by atoms with van der Waals surface area (Å²) in [7, 11) is 0. The molecule has 262 valence electrons. The van der Waals surface area contributed by atoms with Crippen LogP contribution in [0.15, 0.2) is 218 Å². The van der Waals surface area contributed by atoms with Crippen molar-refractivity contribution >= 4 is 43.6 Å². The first-order valence-corrected chi connectivity index (χ1v) is 19.3. The molecule has 0 unspecified atom stereocenters. The first-order valence-electron chi connectivity index (χ1n) is 19.3. The molecule has 2 heterocycles. The topological polar surface area (TPSA) is 9.86 Å². The van der Waals surface area contributed by atoms with E-state index in [0.29, 0.717) is 0 Å². The Hall–Kier alpha value is -7.42. The van der Waals surface area contributed by atoms with Gasteiger partial charge in [0.25, 0.3) is 0 Å². The van der Waals surface area contributed by atoms with Gasteiger partial charge >= 0.3 is 0 Å². The molecule has 0 saturated carbocycles. The second-order valence-electron chi connectivity index (χ2n) is 14.5. The summed E-state index contributed by atoms with van der Waals surface area (Å²) in [4.78, 5) is 0.